The van der Waals surface area contributed by atoms with Crippen LogP contribution in [0.4, 0.5) is 0 Å². The highest BCUT2D eigenvalue weighted by atomic mass is 16.5. The third-order valence-corrected chi connectivity index (χ3v) is 5.11. The van der Waals surface area contributed by atoms with Gasteiger partial charge in [0.15, 0.2) is 5.54 Å². The molecule has 0 radical (unpaired) electrons. The number of rotatable bonds is 9. The van der Waals surface area contributed by atoms with Crippen LogP contribution in [0.3, 0.4) is 0 Å². The van der Waals surface area contributed by atoms with E-state index in [0.717, 1.165) is 29.7 Å². The summed E-state index contributed by atoms with van der Waals surface area (Å²) in [5, 5.41) is 11.9. The fraction of sp³-hybridized carbons (Fsp3) is 0.391. The predicted octanol–water partition coefficient (Wildman–Crippen LogP) is 2.48. The van der Waals surface area contributed by atoms with Crippen molar-refractivity contribution >= 4 is 11.8 Å². The number of aliphatic imine (C=N–C) groups is 1. The van der Waals surface area contributed by atoms with E-state index in [9.17, 15) is 4.79 Å². The lowest BCUT2D eigenvalue weighted by molar-refractivity contribution is -0.126. The van der Waals surface area contributed by atoms with E-state index in [1.165, 1.54) is 0 Å². The van der Waals surface area contributed by atoms with E-state index in [1.54, 1.807) is 0 Å². The summed E-state index contributed by atoms with van der Waals surface area (Å²) in [7, 11) is 0. The quantitative estimate of drug-likeness (QED) is 0.641. The van der Waals surface area contributed by atoms with Crippen LogP contribution in [0.25, 0.3) is 0 Å². The number of amides is 1. The molecule has 152 valence electrons. The standard InChI is InChI=1S/C23H26N2O4/c26-13-4-14-28-20-11-7-18(8-12-20)21-25-23(16-29-21,22(27)24-19-9-10-19)15-17-5-2-1-3-6-17/h1-3,5-8,11-12,19,26H,4,9-10,13-16H2,(H,24,27)/t23-/m1/s1. The second-order valence-corrected chi connectivity index (χ2v) is 7.60. The molecule has 2 aromatic rings. The molecule has 0 spiro atoms. The summed E-state index contributed by atoms with van der Waals surface area (Å²) in [6.45, 7) is 0.800. The molecular weight excluding hydrogens is 368 g/mol. The maximum atomic E-state index is 13.1. The van der Waals surface area contributed by atoms with E-state index >= 15 is 0 Å². The van der Waals surface area contributed by atoms with Crippen molar-refractivity contribution in [3.63, 3.8) is 0 Å². The Balaban J connectivity index is 1.54. The third-order valence-electron chi connectivity index (χ3n) is 5.11. The molecule has 1 aliphatic carbocycles. The topological polar surface area (TPSA) is 80.2 Å². The number of ether oxygens (including phenoxy) is 2. The van der Waals surface area contributed by atoms with Crippen LogP contribution in [0.15, 0.2) is 59.6 Å². The van der Waals surface area contributed by atoms with Gasteiger partial charge in [-0.25, -0.2) is 4.99 Å². The highest BCUT2D eigenvalue weighted by Gasteiger charge is 2.45. The van der Waals surface area contributed by atoms with Gasteiger partial charge in [0, 0.05) is 31.1 Å². The molecule has 0 unspecified atom stereocenters. The summed E-state index contributed by atoms with van der Waals surface area (Å²) in [5.74, 6) is 1.14. The first kappa shape index (κ1) is 19.5. The summed E-state index contributed by atoms with van der Waals surface area (Å²) < 4.78 is 11.5. The monoisotopic (exact) mass is 394 g/mol. The molecule has 1 fully saturated rings. The molecule has 0 saturated heterocycles. The molecule has 6 heteroatoms. The summed E-state index contributed by atoms with van der Waals surface area (Å²) >= 11 is 0. The van der Waals surface area contributed by atoms with Crippen molar-refractivity contribution in [2.75, 3.05) is 19.8 Å². The van der Waals surface area contributed by atoms with Crippen molar-refractivity contribution in [1.82, 2.24) is 5.32 Å². The summed E-state index contributed by atoms with van der Waals surface area (Å²) in [6, 6.07) is 17.6. The number of nitrogens with zero attached hydrogens (tertiary/aromatic N) is 1. The van der Waals surface area contributed by atoms with E-state index < -0.39 is 5.54 Å². The molecule has 0 bridgehead atoms. The van der Waals surface area contributed by atoms with Crippen molar-refractivity contribution in [1.29, 1.82) is 0 Å². The minimum absolute atomic E-state index is 0.0668. The van der Waals surface area contributed by atoms with Crippen LogP contribution in [-0.2, 0) is 16.0 Å². The van der Waals surface area contributed by atoms with E-state index in [2.05, 4.69) is 5.32 Å². The number of benzene rings is 2. The maximum Gasteiger partial charge on any atom is 0.252 e. The van der Waals surface area contributed by atoms with Gasteiger partial charge in [-0.2, -0.15) is 0 Å². The van der Waals surface area contributed by atoms with Gasteiger partial charge in [0.05, 0.1) is 6.61 Å². The minimum Gasteiger partial charge on any atom is -0.494 e. The fourth-order valence-electron chi connectivity index (χ4n) is 3.31. The van der Waals surface area contributed by atoms with E-state index in [4.69, 9.17) is 19.6 Å². The predicted molar refractivity (Wildman–Crippen MR) is 110 cm³/mol. The smallest absolute Gasteiger partial charge is 0.252 e. The van der Waals surface area contributed by atoms with Crippen LogP contribution in [0.1, 0.15) is 30.4 Å². The second-order valence-electron chi connectivity index (χ2n) is 7.60. The van der Waals surface area contributed by atoms with Gasteiger partial charge >= 0.3 is 0 Å². The highest BCUT2D eigenvalue weighted by Crippen LogP contribution is 2.29. The van der Waals surface area contributed by atoms with Crippen molar-refractivity contribution in [2.24, 2.45) is 4.99 Å². The van der Waals surface area contributed by atoms with Gasteiger partial charge in [-0.05, 0) is 42.7 Å². The molecule has 0 aromatic heterocycles. The van der Waals surface area contributed by atoms with Gasteiger partial charge < -0.3 is 19.9 Å². The highest BCUT2D eigenvalue weighted by molar-refractivity contribution is 6.00. The lowest BCUT2D eigenvalue weighted by Crippen LogP contribution is -2.49. The zero-order valence-electron chi connectivity index (χ0n) is 16.3. The Morgan fingerprint density at radius 3 is 2.62 bits per heavy atom. The minimum atomic E-state index is -0.949. The number of hydrogen-bond donors (Lipinski definition) is 2. The summed E-state index contributed by atoms with van der Waals surface area (Å²) in [6.07, 6.45) is 3.15. The molecule has 4 rings (SSSR count). The fourth-order valence-corrected chi connectivity index (χ4v) is 3.31. The van der Waals surface area contributed by atoms with Gasteiger partial charge in [-0.15, -0.1) is 0 Å². The maximum absolute atomic E-state index is 13.1. The Kier molecular flexibility index (Phi) is 5.81. The molecule has 2 aliphatic rings. The molecule has 1 saturated carbocycles. The van der Waals surface area contributed by atoms with Crippen LogP contribution in [-0.4, -0.2) is 48.3 Å². The summed E-state index contributed by atoms with van der Waals surface area (Å²) in [4.78, 5) is 17.8. The first-order valence-electron chi connectivity index (χ1n) is 10.1. The lowest BCUT2D eigenvalue weighted by atomic mass is 9.91. The zero-order valence-corrected chi connectivity index (χ0v) is 16.3. The SMILES string of the molecule is O=C(NC1CC1)[C@@]1(Cc2ccccc2)COC(c2ccc(OCCCO)cc2)=N1. The molecule has 6 nitrogen and oxygen atoms in total. The molecule has 29 heavy (non-hydrogen) atoms. The molecule has 2 N–H and O–H groups in total. The Bertz CT molecular complexity index is 862. The molecule has 1 heterocycles. The molecule has 2 aromatic carbocycles. The van der Waals surface area contributed by atoms with Crippen molar-refractivity contribution < 1.29 is 19.4 Å². The van der Waals surface area contributed by atoms with Crippen LogP contribution in [0.5, 0.6) is 5.75 Å². The van der Waals surface area contributed by atoms with Crippen LogP contribution in [0.2, 0.25) is 0 Å². The first-order valence-corrected chi connectivity index (χ1v) is 10.1. The number of aliphatic hydroxyl groups excluding tert-OH is 1. The lowest BCUT2D eigenvalue weighted by Gasteiger charge is -2.23. The van der Waals surface area contributed by atoms with Gasteiger partial charge in [0.2, 0.25) is 5.90 Å². The molecule has 1 amide bonds. The molecule has 1 atom stereocenters. The van der Waals surface area contributed by atoms with Crippen molar-refractivity contribution in [3.05, 3.63) is 65.7 Å². The number of nitrogens with one attached hydrogen (secondary N) is 1. The van der Waals surface area contributed by atoms with Crippen molar-refractivity contribution in [2.45, 2.75) is 37.3 Å². The van der Waals surface area contributed by atoms with Gasteiger partial charge in [0.1, 0.15) is 12.4 Å². The second kappa shape index (κ2) is 8.66. The van der Waals surface area contributed by atoms with E-state index in [-0.39, 0.29) is 25.2 Å². The van der Waals surface area contributed by atoms with Crippen LogP contribution < -0.4 is 10.1 Å². The molecular formula is C23H26N2O4. The molecule has 1 aliphatic heterocycles. The summed E-state index contributed by atoms with van der Waals surface area (Å²) in [5.41, 5.74) is 0.920. The van der Waals surface area contributed by atoms with Crippen molar-refractivity contribution in [3.8, 4) is 5.75 Å². The third kappa shape index (κ3) is 4.77. The van der Waals surface area contributed by atoms with Gasteiger partial charge in [0.25, 0.3) is 5.91 Å². The van der Waals surface area contributed by atoms with Gasteiger partial charge in [-0.3, -0.25) is 4.79 Å². The Morgan fingerprint density at radius 1 is 1.17 bits per heavy atom. The van der Waals surface area contributed by atoms with E-state index in [0.29, 0.717) is 25.3 Å². The largest absolute Gasteiger partial charge is 0.494 e. The van der Waals surface area contributed by atoms with E-state index in [1.807, 2.05) is 54.6 Å². The number of hydrogen-bond acceptors (Lipinski definition) is 5. The zero-order chi connectivity index (χ0) is 20.1. The number of aliphatic hydroxyl groups is 1. The number of carbonyl (C=O) groups excluding carboxylic acids is 1. The first-order chi connectivity index (χ1) is 14.2. The van der Waals surface area contributed by atoms with Gasteiger partial charge in [-0.1, -0.05) is 30.3 Å². The Morgan fingerprint density at radius 2 is 1.93 bits per heavy atom. The van der Waals surface area contributed by atoms with Crippen LogP contribution in [0, 0.1) is 0 Å². The number of carbonyl (C=O) groups is 1. The van der Waals surface area contributed by atoms with Crippen LogP contribution >= 0.6 is 0 Å². The average molecular weight is 394 g/mol. The normalized spacial score (nSPS) is 20.7. The Hall–Kier alpha value is -2.86. The average Bonchev–Trinajstić information content (AvgIpc) is 3.46. The Labute approximate surface area is 170 Å².